The molecule has 3 rings (SSSR count). The van der Waals surface area contributed by atoms with Crippen LogP contribution in [0.4, 0.5) is 11.4 Å². The third-order valence-electron chi connectivity index (χ3n) is 4.62. The maximum atomic E-state index is 12.7. The van der Waals surface area contributed by atoms with Gasteiger partial charge in [0.15, 0.2) is 0 Å². The molecule has 4 nitrogen and oxygen atoms in total. The fraction of sp³-hybridized carbons (Fsp3) is 0.364. The average Bonchev–Trinajstić information content (AvgIpc) is 3.03. The highest BCUT2D eigenvalue weighted by molar-refractivity contribution is 8.00. The van der Waals surface area contributed by atoms with Gasteiger partial charge in [-0.05, 0) is 41.7 Å². The summed E-state index contributed by atoms with van der Waals surface area (Å²) in [6.45, 7) is 6.28. The number of thioether (sulfide) groups is 1. The van der Waals surface area contributed by atoms with E-state index >= 15 is 0 Å². The van der Waals surface area contributed by atoms with Crippen molar-refractivity contribution in [3.8, 4) is 0 Å². The van der Waals surface area contributed by atoms with Crippen LogP contribution in [-0.2, 0) is 9.59 Å². The van der Waals surface area contributed by atoms with Crippen molar-refractivity contribution in [2.75, 3.05) is 16.0 Å². The summed E-state index contributed by atoms with van der Waals surface area (Å²) >= 11 is 1.63. The van der Waals surface area contributed by atoms with Crippen LogP contribution in [0.2, 0.25) is 0 Å². The highest BCUT2D eigenvalue weighted by Crippen LogP contribution is 2.44. The van der Waals surface area contributed by atoms with Gasteiger partial charge in [0.1, 0.15) is 5.37 Å². The predicted octanol–water partition coefficient (Wildman–Crippen LogP) is 5.33. The number of anilines is 2. The van der Waals surface area contributed by atoms with Gasteiger partial charge in [0.25, 0.3) is 0 Å². The third-order valence-corrected chi connectivity index (χ3v) is 5.83. The summed E-state index contributed by atoms with van der Waals surface area (Å²) in [4.78, 5) is 26.5. The molecule has 0 aromatic heterocycles. The number of hydrogen-bond donors (Lipinski definition) is 1. The zero-order valence-electron chi connectivity index (χ0n) is 16.1. The fourth-order valence-corrected chi connectivity index (χ4v) is 4.51. The first-order chi connectivity index (χ1) is 13.0. The zero-order chi connectivity index (χ0) is 19.4. The Kier molecular flexibility index (Phi) is 6.22. The number of hydrogen-bond acceptors (Lipinski definition) is 3. The van der Waals surface area contributed by atoms with Crippen molar-refractivity contribution in [3.05, 3.63) is 59.7 Å². The molecule has 1 N–H and O–H groups in total. The van der Waals surface area contributed by atoms with Crippen molar-refractivity contribution >= 4 is 35.0 Å². The second kappa shape index (κ2) is 8.61. The Labute approximate surface area is 165 Å². The Balaban J connectivity index is 1.92. The second-order valence-corrected chi connectivity index (χ2v) is 8.13. The Morgan fingerprint density at radius 3 is 2.74 bits per heavy atom. The lowest BCUT2D eigenvalue weighted by atomic mass is 10.00. The number of carbonyl (C=O) groups is 2. The predicted molar refractivity (Wildman–Crippen MR) is 113 cm³/mol. The summed E-state index contributed by atoms with van der Waals surface area (Å²) < 4.78 is 0. The Morgan fingerprint density at radius 2 is 2.00 bits per heavy atom. The molecule has 1 saturated heterocycles. The molecule has 0 bridgehead atoms. The maximum absolute atomic E-state index is 12.7. The summed E-state index contributed by atoms with van der Waals surface area (Å²) in [5.41, 5.74) is 3.96. The SMILES string of the molecule is CCCC(=O)Nc1cccc(C2SCC(=O)N2c2ccccc2C(C)C)c1. The van der Waals surface area contributed by atoms with Crippen molar-refractivity contribution < 1.29 is 9.59 Å². The van der Waals surface area contributed by atoms with Crippen LogP contribution in [-0.4, -0.2) is 17.6 Å². The number of amides is 2. The number of nitrogens with zero attached hydrogens (tertiary/aromatic N) is 1. The Bertz CT molecular complexity index is 835. The van der Waals surface area contributed by atoms with Gasteiger partial charge < -0.3 is 5.32 Å². The highest BCUT2D eigenvalue weighted by Gasteiger charge is 2.35. The van der Waals surface area contributed by atoms with Gasteiger partial charge in [0, 0.05) is 17.8 Å². The molecule has 1 aliphatic heterocycles. The molecule has 2 aromatic carbocycles. The quantitative estimate of drug-likeness (QED) is 0.735. The number of para-hydroxylation sites is 1. The van der Waals surface area contributed by atoms with Crippen LogP contribution in [0.1, 0.15) is 56.0 Å². The van der Waals surface area contributed by atoms with Crippen LogP contribution in [0.25, 0.3) is 0 Å². The van der Waals surface area contributed by atoms with E-state index in [1.807, 2.05) is 54.3 Å². The van der Waals surface area contributed by atoms with Crippen molar-refractivity contribution in [1.82, 2.24) is 0 Å². The first kappa shape index (κ1) is 19.5. The highest BCUT2D eigenvalue weighted by atomic mass is 32.2. The standard InChI is InChI=1S/C22H26N2O2S/c1-4-8-20(25)23-17-10-7-9-16(13-17)22-24(21(26)14-27-22)19-12-6-5-11-18(19)15(2)3/h5-7,9-13,15,22H,4,8,14H2,1-3H3,(H,23,25). The molecule has 0 aliphatic carbocycles. The number of carbonyl (C=O) groups excluding carboxylic acids is 2. The number of rotatable bonds is 6. The summed E-state index contributed by atoms with van der Waals surface area (Å²) in [6.07, 6.45) is 1.33. The van der Waals surface area contributed by atoms with Crippen LogP contribution in [0.3, 0.4) is 0 Å². The molecular weight excluding hydrogens is 356 g/mol. The van der Waals surface area contributed by atoms with E-state index in [-0.39, 0.29) is 17.2 Å². The third kappa shape index (κ3) is 4.35. The van der Waals surface area contributed by atoms with E-state index in [2.05, 4.69) is 25.2 Å². The monoisotopic (exact) mass is 382 g/mol. The molecule has 0 saturated carbocycles. The van der Waals surface area contributed by atoms with Crippen LogP contribution >= 0.6 is 11.8 Å². The molecule has 2 aromatic rings. The summed E-state index contributed by atoms with van der Waals surface area (Å²) in [6, 6.07) is 16.0. The molecule has 1 unspecified atom stereocenters. The Morgan fingerprint density at radius 1 is 1.22 bits per heavy atom. The lowest BCUT2D eigenvalue weighted by Crippen LogP contribution is -2.29. The van der Waals surface area contributed by atoms with E-state index in [1.165, 1.54) is 5.56 Å². The molecule has 2 amide bonds. The topological polar surface area (TPSA) is 49.4 Å². The molecule has 0 spiro atoms. The van der Waals surface area contributed by atoms with E-state index in [9.17, 15) is 9.59 Å². The van der Waals surface area contributed by atoms with Crippen molar-refractivity contribution in [1.29, 1.82) is 0 Å². The first-order valence-corrected chi connectivity index (χ1v) is 10.5. The molecule has 1 heterocycles. The molecule has 142 valence electrons. The molecule has 5 heteroatoms. The van der Waals surface area contributed by atoms with Crippen LogP contribution in [0.15, 0.2) is 48.5 Å². The molecule has 1 aliphatic rings. The Hall–Kier alpha value is -2.27. The van der Waals surface area contributed by atoms with E-state index in [1.54, 1.807) is 11.8 Å². The lowest BCUT2D eigenvalue weighted by molar-refractivity contribution is -0.116. The van der Waals surface area contributed by atoms with Gasteiger partial charge in [-0.3, -0.25) is 14.5 Å². The zero-order valence-corrected chi connectivity index (χ0v) is 16.9. The lowest BCUT2D eigenvalue weighted by Gasteiger charge is -2.28. The van der Waals surface area contributed by atoms with E-state index < -0.39 is 0 Å². The largest absolute Gasteiger partial charge is 0.326 e. The fourth-order valence-electron chi connectivity index (χ4n) is 3.35. The molecule has 0 radical (unpaired) electrons. The van der Waals surface area contributed by atoms with E-state index in [0.717, 1.165) is 23.4 Å². The van der Waals surface area contributed by atoms with Crippen molar-refractivity contribution in [3.63, 3.8) is 0 Å². The normalized spacial score (nSPS) is 16.8. The first-order valence-electron chi connectivity index (χ1n) is 9.43. The van der Waals surface area contributed by atoms with Gasteiger partial charge >= 0.3 is 0 Å². The minimum atomic E-state index is -0.0829. The molecule has 1 fully saturated rings. The van der Waals surface area contributed by atoms with E-state index in [0.29, 0.717) is 18.1 Å². The second-order valence-electron chi connectivity index (χ2n) is 7.06. The van der Waals surface area contributed by atoms with Gasteiger partial charge in [-0.1, -0.05) is 51.1 Å². The minimum absolute atomic E-state index is 0.0202. The van der Waals surface area contributed by atoms with E-state index in [4.69, 9.17) is 0 Å². The van der Waals surface area contributed by atoms with Crippen LogP contribution < -0.4 is 10.2 Å². The molecular formula is C22H26N2O2S. The summed E-state index contributed by atoms with van der Waals surface area (Å²) in [5.74, 6) is 0.939. The van der Waals surface area contributed by atoms with Crippen LogP contribution in [0, 0.1) is 0 Å². The number of benzene rings is 2. The van der Waals surface area contributed by atoms with Crippen molar-refractivity contribution in [2.45, 2.75) is 44.9 Å². The number of nitrogens with one attached hydrogen (secondary N) is 1. The van der Waals surface area contributed by atoms with Gasteiger partial charge in [0.2, 0.25) is 11.8 Å². The average molecular weight is 383 g/mol. The molecule has 1 atom stereocenters. The van der Waals surface area contributed by atoms with Crippen LogP contribution in [0.5, 0.6) is 0 Å². The summed E-state index contributed by atoms with van der Waals surface area (Å²) in [7, 11) is 0. The van der Waals surface area contributed by atoms with Gasteiger partial charge in [-0.15, -0.1) is 11.8 Å². The van der Waals surface area contributed by atoms with Gasteiger partial charge in [-0.25, -0.2) is 0 Å². The maximum Gasteiger partial charge on any atom is 0.238 e. The smallest absolute Gasteiger partial charge is 0.238 e. The minimum Gasteiger partial charge on any atom is -0.326 e. The van der Waals surface area contributed by atoms with Gasteiger partial charge in [0.05, 0.1) is 5.75 Å². The molecule has 27 heavy (non-hydrogen) atoms. The summed E-state index contributed by atoms with van der Waals surface area (Å²) in [5, 5.41) is 2.87. The van der Waals surface area contributed by atoms with Gasteiger partial charge in [-0.2, -0.15) is 0 Å². The van der Waals surface area contributed by atoms with Crippen molar-refractivity contribution in [2.24, 2.45) is 0 Å².